The fourth-order valence-corrected chi connectivity index (χ4v) is 3.53. The Morgan fingerprint density at radius 3 is 2.55 bits per heavy atom. The van der Waals surface area contributed by atoms with Gasteiger partial charge in [-0.3, -0.25) is 0 Å². The van der Waals surface area contributed by atoms with Gasteiger partial charge in [-0.25, -0.2) is 13.1 Å². The Labute approximate surface area is 126 Å². The highest BCUT2D eigenvalue weighted by Crippen LogP contribution is 2.16. The van der Waals surface area contributed by atoms with Crippen molar-refractivity contribution in [3.63, 3.8) is 0 Å². The predicted molar refractivity (Wildman–Crippen MR) is 82.8 cm³/mol. The van der Waals surface area contributed by atoms with E-state index in [4.69, 9.17) is 16.3 Å². The lowest BCUT2D eigenvalue weighted by Crippen LogP contribution is -2.31. The number of halogens is 1. The Hall–Kier alpha value is -0.620. The minimum absolute atomic E-state index is 0.0422. The van der Waals surface area contributed by atoms with Crippen molar-refractivity contribution in [1.29, 1.82) is 0 Å². The third-order valence-corrected chi connectivity index (χ3v) is 4.89. The molecule has 0 bridgehead atoms. The molecule has 0 saturated carbocycles. The van der Waals surface area contributed by atoms with E-state index in [0.717, 1.165) is 5.56 Å². The largest absolute Gasteiger partial charge is 0.383 e. The van der Waals surface area contributed by atoms with Crippen molar-refractivity contribution < 1.29 is 13.2 Å². The van der Waals surface area contributed by atoms with Crippen LogP contribution in [0, 0.1) is 0 Å². The first-order valence-corrected chi connectivity index (χ1v) is 8.68. The first kappa shape index (κ1) is 17.4. The molecule has 1 N–H and O–H groups in total. The molecule has 1 aromatic rings. The first-order valence-electron chi connectivity index (χ1n) is 6.60. The molecule has 20 heavy (non-hydrogen) atoms. The molecule has 2 atom stereocenters. The van der Waals surface area contributed by atoms with Crippen molar-refractivity contribution >= 4 is 21.6 Å². The first-order chi connectivity index (χ1) is 9.44. The van der Waals surface area contributed by atoms with E-state index in [1.807, 2.05) is 37.3 Å². The summed E-state index contributed by atoms with van der Waals surface area (Å²) in [5.41, 5.74) is 1.02. The number of hydrogen-bond acceptors (Lipinski definition) is 3. The molecule has 0 aliphatic heterocycles. The van der Waals surface area contributed by atoms with Gasteiger partial charge in [0.25, 0.3) is 0 Å². The van der Waals surface area contributed by atoms with Crippen LogP contribution in [0.25, 0.3) is 0 Å². The molecule has 6 heteroatoms. The van der Waals surface area contributed by atoms with Gasteiger partial charge in [-0.15, -0.1) is 11.6 Å². The summed E-state index contributed by atoms with van der Waals surface area (Å²) in [6.07, 6.45) is 0.550. The van der Waals surface area contributed by atoms with E-state index >= 15 is 0 Å². The molecule has 0 fully saturated rings. The molecule has 4 nitrogen and oxygen atoms in total. The third-order valence-electron chi connectivity index (χ3n) is 2.97. The van der Waals surface area contributed by atoms with E-state index in [1.54, 1.807) is 7.11 Å². The summed E-state index contributed by atoms with van der Waals surface area (Å²) in [5.74, 6) is 0.0355. The molecule has 114 valence electrons. The van der Waals surface area contributed by atoms with Gasteiger partial charge in [-0.2, -0.15) is 0 Å². The van der Waals surface area contributed by atoms with Crippen LogP contribution in [0.2, 0.25) is 0 Å². The van der Waals surface area contributed by atoms with Crippen molar-refractivity contribution in [2.24, 2.45) is 0 Å². The quantitative estimate of drug-likeness (QED) is 0.711. The van der Waals surface area contributed by atoms with E-state index in [9.17, 15) is 8.42 Å². The molecule has 0 spiro atoms. The number of methoxy groups -OCH3 is 1. The monoisotopic (exact) mass is 319 g/mol. The summed E-state index contributed by atoms with van der Waals surface area (Å²) in [6.45, 7) is 2.66. The van der Waals surface area contributed by atoms with Gasteiger partial charge in [0, 0.05) is 13.7 Å². The fourth-order valence-electron chi connectivity index (χ4n) is 1.90. The SMILES string of the molecule is COCC(Cl)CCNS(=O)(=O)CC(C)c1ccccc1. The van der Waals surface area contributed by atoms with Crippen LogP contribution < -0.4 is 4.72 Å². The van der Waals surface area contributed by atoms with Crippen LogP contribution in [0.1, 0.15) is 24.8 Å². The summed E-state index contributed by atoms with van der Waals surface area (Å²) in [4.78, 5) is 0. The van der Waals surface area contributed by atoms with Crippen molar-refractivity contribution in [2.75, 3.05) is 26.0 Å². The topological polar surface area (TPSA) is 55.4 Å². The molecule has 0 radical (unpaired) electrons. The van der Waals surface area contributed by atoms with Crippen LogP contribution in [-0.2, 0) is 14.8 Å². The predicted octanol–water partition coefficient (Wildman–Crippen LogP) is 2.35. The van der Waals surface area contributed by atoms with E-state index < -0.39 is 10.0 Å². The lowest BCUT2D eigenvalue weighted by Gasteiger charge is -2.14. The zero-order valence-corrected chi connectivity index (χ0v) is 13.5. The van der Waals surface area contributed by atoms with Crippen LogP contribution in [0.3, 0.4) is 0 Å². The Balaban J connectivity index is 2.42. The molecule has 0 saturated heterocycles. The average molecular weight is 320 g/mol. The van der Waals surface area contributed by atoms with Crippen LogP contribution in [0.5, 0.6) is 0 Å². The molecule has 2 unspecified atom stereocenters. The highest BCUT2D eigenvalue weighted by atomic mass is 35.5. The van der Waals surface area contributed by atoms with E-state index in [1.165, 1.54) is 0 Å². The van der Waals surface area contributed by atoms with Crippen LogP contribution >= 0.6 is 11.6 Å². The molecule has 0 aromatic heterocycles. The van der Waals surface area contributed by atoms with Crippen LogP contribution in [0.15, 0.2) is 30.3 Å². The van der Waals surface area contributed by atoms with Crippen molar-refractivity contribution in [1.82, 2.24) is 4.72 Å². The number of alkyl halides is 1. The molecule has 0 amide bonds. The summed E-state index contributed by atoms with van der Waals surface area (Å²) in [7, 11) is -1.72. The van der Waals surface area contributed by atoms with Gasteiger partial charge in [-0.1, -0.05) is 37.3 Å². The smallest absolute Gasteiger partial charge is 0.212 e. The Kier molecular flexibility index (Phi) is 7.51. The zero-order chi connectivity index (χ0) is 15.0. The maximum absolute atomic E-state index is 12.0. The standard InChI is InChI=1S/C14H22ClNO3S/c1-12(13-6-4-3-5-7-13)11-20(17,18)16-9-8-14(15)10-19-2/h3-7,12,14,16H,8-11H2,1-2H3. The number of rotatable bonds is 9. The van der Waals surface area contributed by atoms with Gasteiger partial charge >= 0.3 is 0 Å². The summed E-state index contributed by atoms with van der Waals surface area (Å²) >= 11 is 5.95. The van der Waals surface area contributed by atoms with Gasteiger partial charge in [0.05, 0.1) is 17.7 Å². The van der Waals surface area contributed by atoms with Gasteiger partial charge in [0.1, 0.15) is 0 Å². The third kappa shape index (κ3) is 6.70. The van der Waals surface area contributed by atoms with Crippen LogP contribution in [-0.4, -0.2) is 39.8 Å². The van der Waals surface area contributed by atoms with E-state index in [0.29, 0.717) is 19.6 Å². The molecular weight excluding hydrogens is 298 g/mol. The van der Waals surface area contributed by atoms with Crippen molar-refractivity contribution in [2.45, 2.75) is 24.6 Å². The van der Waals surface area contributed by atoms with Gasteiger partial charge < -0.3 is 4.74 Å². The zero-order valence-electron chi connectivity index (χ0n) is 11.9. The maximum atomic E-state index is 12.0. The molecular formula is C14H22ClNO3S. The van der Waals surface area contributed by atoms with E-state index in [-0.39, 0.29) is 17.0 Å². The number of nitrogens with one attached hydrogen (secondary N) is 1. The molecule has 1 rings (SSSR count). The minimum atomic E-state index is -3.29. The molecule has 1 aromatic carbocycles. The second kappa shape index (κ2) is 8.62. The van der Waals surface area contributed by atoms with E-state index in [2.05, 4.69) is 4.72 Å². The summed E-state index contributed by atoms with van der Waals surface area (Å²) < 4.78 is 31.4. The lowest BCUT2D eigenvalue weighted by molar-refractivity contribution is 0.196. The number of hydrogen-bond donors (Lipinski definition) is 1. The second-order valence-corrected chi connectivity index (χ2v) is 7.30. The Morgan fingerprint density at radius 1 is 1.30 bits per heavy atom. The highest BCUT2D eigenvalue weighted by Gasteiger charge is 2.17. The Bertz CT molecular complexity index is 478. The molecule has 0 heterocycles. The summed E-state index contributed by atoms with van der Waals surface area (Å²) in [6, 6.07) is 9.62. The second-order valence-electron chi connectivity index (χ2n) is 4.83. The molecule has 0 aliphatic carbocycles. The maximum Gasteiger partial charge on any atom is 0.212 e. The number of benzene rings is 1. The number of sulfonamides is 1. The molecule has 0 aliphatic rings. The van der Waals surface area contributed by atoms with Crippen LogP contribution in [0.4, 0.5) is 0 Å². The lowest BCUT2D eigenvalue weighted by atomic mass is 10.0. The van der Waals surface area contributed by atoms with Gasteiger partial charge in [0.2, 0.25) is 10.0 Å². The summed E-state index contributed by atoms with van der Waals surface area (Å²) in [5, 5.41) is -0.172. The van der Waals surface area contributed by atoms with Crippen molar-refractivity contribution in [3.05, 3.63) is 35.9 Å². The average Bonchev–Trinajstić information content (AvgIpc) is 2.39. The Morgan fingerprint density at radius 2 is 1.95 bits per heavy atom. The van der Waals surface area contributed by atoms with Gasteiger partial charge in [0.15, 0.2) is 0 Å². The van der Waals surface area contributed by atoms with Gasteiger partial charge in [-0.05, 0) is 17.9 Å². The minimum Gasteiger partial charge on any atom is -0.383 e. The van der Waals surface area contributed by atoms with Crippen molar-refractivity contribution in [3.8, 4) is 0 Å². The fraction of sp³-hybridized carbons (Fsp3) is 0.571. The normalized spacial score (nSPS) is 14.9. The highest BCUT2D eigenvalue weighted by molar-refractivity contribution is 7.89. The number of ether oxygens (including phenoxy) is 1.